The smallest absolute Gasteiger partial charge is 0.0594 e. The van der Waals surface area contributed by atoms with E-state index in [1.165, 1.54) is 5.92 Å². The van der Waals surface area contributed by atoms with E-state index < -0.39 is 0 Å². The average Bonchev–Trinajstić information content (AvgIpc) is 2.59. The van der Waals surface area contributed by atoms with Crippen molar-refractivity contribution in [3.05, 3.63) is 31.6 Å². The molecule has 65 valence electrons. The summed E-state index contributed by atoms with van der Waals surface area (Å²) in [5, 5.41) is 0. The van der Waals surface area contributed by atoms with Crippen LogP contribution in [0.4, 0.5) is 0 Å². The molecular formula is C10H14NO. The molecule has 1 saturated carbocycles. The first-order valence-electron chi connectivity index (χ1n) is 4.46. The quantitative estimate of drug-likeness (QED) is 0.596. The molecule has 2 aliphatic rings. The zero-order chi connectivity index (χ0) is 8.23. The third kappa shape index (κ3) is 2.20. The average molecular weight is 164 g/mol. The van der Waals surface area contributed by atoms with Gasteiger partial charge in [-0.3, -0.25) is 4.90 Å². The zero-order valence-corrected chi connectivity index (χ0v) is 7.20. The molecule has 0 spiro atoms. The second-order valence-electron chi connectivity index (χ2n) is 3.18. The minimum absolute atomic E-state index is 0.890. The highest BCUT2D eigenvalue weighted by Crippen LogP contribution is 2.23. The van der Waals surface area contributed by atoms with Crippen LogP contribution in [-0.4, -0.2) is 37.7 Å². The van der Waals surface area contributed by atoms with Crippen LogP contribution in [0.3, 0.4) is 0 Å². The molecule has 1 aliphatic heterocycles. The maximum Gasteiger partial charge on any atom is 0.0594 e. The lowest BCUT2D eigenvalue weighted by atomic mass is 10.1. The predicted molar refractivity (Wildman–Crippen MR) is 47.7 cm³/mol. The minimum Gasteiger partial charge on any atom is -0.379 e. The van der Waals surface area contributed by atoms with Gasteiger partial charge in [-0.1, -0.05) is 0 Å². The van der Waals surface area contributed by atoms with E-state index in [0.29, 0.717) is 0 Å². The molecule has 2 nitrogen and oxygen atoms in total. The van der Waals surface area contributed by atoms with Gasteiger partial charge in [0.25, 0.3) is 0 Å². The molecule has 0 amide bonds. The van der Waals surface area contributed by atoms with Crippen molar-refractivity contribution in [1.82, 2.24) is 4.90 Å². The van der Waals surface area contributed by atoms with Crippen molar-refractivity contribution >= 4 is 0 Å². The van der Waals surface area contributed by atoms with Gasteiger partial charge >= 0.3 is 0 Å². The molecule has 0 aromatic carbocycles. The van der Waals surface area contributed by atoms with Crippen molar-refractivity contribution in [2.45, 2.75) is 0 Å². The Balaban J connectivity index is 1.69. The van der Waals surface area contributed by atoms with Gasteiger partial charge in [0.15, 0.2) is 0 Å². The van der Waals surface area contributed by atoms with Crippen LogP contribution in [0.15, 0.2) is 0 Å². The molecule has 0 bridgehead atoms. The second-order valence-corrected chi connectivity index (χ2v) is 3.18. The van der Waals surface area contributed by atoms with Crippen LogP contribution in [0.2, 0.25) is 0 Å². The zero-order valence-electron chi connectivity index (χ0n) is 7.20. The molecule has 0 aromatic rings. The van der Waals surface area contributed by atoms with Gasteiger partial charge in [0, 0.05) is 19.6 Å². The standard InChI is InChI=1S/C10H14NO/c1-2-4-10(3-1)9-11-5-7-12-8-6-11/h1-4H,5-9H2. The van der Waals surface area contributed by atoms with Crippen molar-refractivity contribution in [3.63, 3.8) is 0 Å². The van der Waals surface area contributed by atoms with Crippen molar-refractivity contribution < 1.29 is 4.74 Å². The molecule has 2 rings (SSSR count). The van der Waals surface area contributed by atoms with Crippen molar-refractivity contribution in [1.29, 1.82) is 0 Å². The molecule has 0 unspecified atom stereocenters. The molecule has 1 aliphatic carbocycles. The van der Waals surface area contributed by atoms with Gasteiger partial charge in [-0.25, -0.2) is 0 Å². The normalized spacial score (nSPS) is 28.0. The van der Waals surface area contributed by atoms with Gasteiger partial charge < -0.3 is 4.74 Å². The fourth-order valence-corrected chi connectivity index (χ4v) is 1.54. The summed E-state index contributed by atoms with van der Waals surface area (Å²) in [5.74, 6) is 1.41. The van der Waals surface area contributed by atoms with Crippen LogP contribution < -0.4 is 0 Å². The van der Waals surface area contributed by atoms with E-state index in [1.54, 1.807) is 0 Å². The summed E-state index contributed by atoms with van der Waals surface area (Å²) in [5.41, 5.74) is 0. The van der Waals surface area contributed by atoms with Gasteiger partial charge in [-0.15, -0.1) is 0 Å². The van der Waals surface area contributed by atoms with E-state index in [1.807, 2.05) is 0 Å². The highest BCUT2D eigenvalue weighted by Gasteiger charge is 2.20. The molecule has 12 heavy (non-hydrogen) atoms. The maximum absolute atomic E-state index is 5.28. The second kappa shape index (κ2) is 4.24. The lowest BCUT2D eigenvalue weighted by molar-refractivity contribution is 0.0408. The summed E-state index contributed by atoms with van der Waals surface area (Å²) in [4.78, 5) is 2.43. The Morgan fingerprint density at radius 3 is 2.50 bits per heavy atom. The van der Waals surface area contributed by atoms with E-state index in [2.05, 4.69) is 30.6 Å². The fraction of sp³-hybridized carbons (Fsp3) is 0.500. The van der Waals surface area contributed by atoms with E-state index in [0.717, 1.165) is 32.8 Å². The predicted octanol–water partition coefficient (Wildman–Crippen LogP) is 0.724. The van der Waals surface area contributed by atoms with E-state index in [-0.39, 0.29) is 0 Å². The molecule has 5 radical (unpaired) electrons. The molecule has 2 fully saturated rings. The first kappa shape index (κ1) is 8.52. The van der Waals surface area contributed by atoms with Gasteiger partial charge in [0.05, 0.1) is 13.2 Å². The number of hydrogen-bond acceptors (Lipinski definition) is 2. The van der Waals surface area contributed by atoms with Crippen molar-refractivity contribution in [2.24, 2.45) is 0 Å². The fourth-order valence-electron chi connectivity index (χ4n) is 1.54. The number of rotatable bonds is 2. The van der Waals surface area contributed by atoms with Gasteiger partial charge in [-0.05, 0) is 31.6 Å². The van der Waals surface area contributed by atoms with Crippen LogP contribution in [0.5, 0.6) is 0 Å². The largest absolute Gasteiger partial charge is 0.379 e. The van der Waals surface area contributed by atoms with Crippen molar-refractivity contribution in [3.8, 4) is 0 Å². The SMILES string of the molecule is [CH]1[CH][CH][C](CN2CCOCC2)[CH]1. The molecule has 0 N–H and O–H groups in total. The summed E-state index contributed by atoms with van der Waals surface area (Å²) in [7, 11) is 0. The molecule has 1 heterocycles. The Kier molecular flexibility index (Phi) is 3.01. The van der Waals surface area contributed by atoms with Crippen LogP contribution >= 0.6 is 0 Å². The molecule has 2 heteroatoms. The third-order valence-electron chi connectivity index (χ3n) is 2.24. The first-order chi connectivity index (χ1) is 5.95. The van der Waals surface area contributed by atoms with E-state index >= 15 is 0 Å². The third-order valence-corrected chi connectivity index (χ3v) is 2.24. The molecule has 0 aromatic heterocycles. The molecular weight excluding hydrogens is 150 g/mol. The Labute approximate surface area is 74.9 Å². The Hall–Kier alpha value is -0.0800. The topological polar surface area (TPSA) is 12.5 Å². The summed E-state index contributed by atoms with van der Waals surface area (Å²) >= 11 is 0. The summed E-state index contributed by atoms with van der Waals surface area (Å²) < 4.78 is 5.28. The number of nitrogens with zero attached hydrogens (tertiary/aromatic N) is 1. The lowest BCUT2D eigenvalue weighted by Crippen LogP contribution is -2.38. The first-order valence-corrected chi connectivity index (χ1v) is 4.46. The van der Waals surface area contributed by atoms with Gasteiger partial charge in [0.2, 0.25) is 0 Å². The van der Waals surface area contributed by atoms with Crippen LogP contribution in [0, 0.1) is 31.6 Å². The Morgan fingerprint density at radius 2 is 1.83 bits per heavy atom. The van der Waals surface area contributed by atoms with Crippen LogP contribution in [0.1, 0.15) is 0 Å². The van der Waals surface area contributed by atoms with Gasteiger partial charge in [0.1, 0.15) is 0 Å². The van der Waals surface area contributed by atoms with Crippen LogP contribution in [-0.2, 0) is 4.74 Å². The lowest BCUT2D eigenvalue weighted by Gasteiger charge is -2.28. The summed E-state index contributed by atoms with van der Waals surface area (Å²) in [6.07, 6.45) is 8.54. The summed E-state index contributed by atoms with van der Waals surface area (Å²) in [6, 6.07) is 0. The highest BCUT2D eigenvalue weighted by atomic mass is 16.5. The minimum atomic E-state index is 0.890. The monoisotopic (exact) mass is 164 g/mol. The molecule has 1 saturated heterocycles. The van der Waals surface area contributed by atoms with E-state index in [9.17, 15) is 0 Å². The summed E-state index contributed by atoms with van der Waals surface area (Å²) in [6.45, 7) is 5.01. The van der Waals surface area contributed by atoms with E-state index in [4.69, 9.17) is 4.74 Å². The molecule has 0 atom stereocenters. The highest BCUT2D eigenvalue weighted by molar-refractivity contribution is 5.36. The van der Waals surface area contributed by atoms with Gasteiger partial charge in [-0.2, -0.15) is 0 Å². The number of ether oxygens (including phenoxy) is 1. The maximum atomic E-state index is 5.28. The number of morpholine rings is 1. The Morgan fingerprint density at radius 1 is 1.17 bits per heavy atom. The van der Waals surface area contributed by atoms with Crippen molar-refractivity contribution in [2.75, 3.05) is 32.8 Å². The van der Waals surface area contributed by atoms with Crippen LogP contribution in [0.25, 0.3) is 0 Å². The Bertz CT molecular complexity index is 126. The number of hydrogen-bond donors (Lipinski definition) is 0.